The summed E-state index contributed by atoms with van der Waals surface area (Å²) in [5, 5.41) is 11.5. The fraction of sp³-hybridized carbons (Fsp3) is 0.926. The van der Waals surface area contributed by atoms with E-state index >= 15 is 0 Å². The van der Waals surface area contributed by atoms with E-state index in [9.17, 15) is 4.79 Å². The Hall–Kier alpha value is -0.660. The van der Waals surface area contributed by atoms with Gasteiger partial charge in [-0.3, -0.25) is 15.1 Å². The van der Waals surface area contributed by atoms with Gasteiger partial charge in [-0.2, -0.15) is 0 Å². The zero-order valence-electron chi connectivity index (χ0n) is 20.8. The van der Waals surface area contributed by atoms with Gasteiger partial charge in [0.2, 0.25) is 5.91 Å². The molecule has 1 saturated heterocycles. The summed E-state index contributed by atoms with van der Waals surface area (Å²) < 4.78 is 0. The predicted octanol–water partition coefficient (Wildman–Crippen LogP) is 4.15. The van der Waals surface area contributed by atoms with Gasteiger partial charge in [-0.05, 0) is 94.3 Å². The molecule has 8 atom stereocenters. The van der Waals surface area contributed by atoms with Crippen molar-refractivity contribution >= 4 is 27.7 Å². The number of nitrogens with one attached hydrogen (secondary N) is 2. The highest BCUT2D eigenvalue weighted by atomic mass is 79.9. The number of nitrogens with zero attached hydrogens (tertiary/aromatic N) is 1. The molecule has 6 nitrogen and oxygen atoms in total. The lowest BCUT2D eigenvalue weighted by molar-refractivity contribution is -0.127. The van der Waals surface area contributed by atoms with Crippen molar-refractivity contribution in [2.24, 2.45) is 41.1 Å². The molecular formula is C27H46BrN5O. The lowest BCUT2D eigenvalue weighted by atomic mass is 9.65. The van der Waals surface area contributed by atoms with Gasteiger partial charge in [0.25, 0.3) is 0 Å². The quantitative estimate of drug-likeness (QED) is 0.241. The first kappa shape index (κ1) is 25.0. The van der Waals surface area contributed by atoms with Crippen LogP contribution in [0.5, 0.6) is 0 Å². The van der Waals surface area contributed by atoms with Gasteiger partial charge in [-0.1, -0.05) is 35.2 Å². The van der Waals surface area contributed by atoms with Gasteiger partial charge < -0.3 is 16.8 Å². The topological polar surface area (TPSA) is 108 Å². The molecule has 5 fully saturated rings. The highest BCUT2D eigenvalue weighted by Crippen LogP contribution is 2.48. The standard InChI is InChI=1S/C27H46BrN5O/c28-20-11-16-3-1-2-4-23(16)19(12-20)15-33-24-14-18(26(30)31)6-5-17(24)13-25(33)27(34)32-22-9-7-21(29)8-10-22/h16-25H,1-15,29H2,(H3,30,31)(H,32,34). The number of hydrogen-bond acceptors (Lipinski definition) is 4. The second-order valence-electron chi connectivity index (χ2n) is 12.4. The van der Waals surface area contributed by atoms with E-state index in [2.05, 4.69) is 26.1 Å². The number of carbonyl (C=O) groups is 1. The number of alkyl halides is 1. The van der Waals surface area contributed by atoms with Crippen molar-refractivity contribution in [2.45, 2.75) is 119 Å². The van der Waals surface area contributed by atoms with E-state index in [1.54, 1.807) is 0 Å². The van der Waals surface area contributed by atoms with E-state index < -0.39 is 0 Å². The number of carbonyl (C=O) groups excluding carboxylic acids is 1. The number of fused-ring (bicyclic) bond motifs is 2. The molecule has 0 spiro atoms. The van der Waals surface area contributed by atoms with Crippen LogP contribution in [0.15, 0.2) is 0 Å². The number of rotatable bonds is 5. The van der Waals surface area contributed by atoms with Crippen LogP contribution in [0.3, 0.4) is 0 Å². The van der Waals surface area contributed by atoms with Crippen molar-refractivity contribution in [3.05, 3.63) is 0 Å². The first-order valence-electron chi connectivity index (χ1n) is 14.2. The average molecular weight is 537 g/mol. The summed E-state index contributed by atoms with van der Waals surface area (Å²) >= 11 is 4.00. The molecular weight excluding hydrogens is 490 g/mol. The number of likely N-dealkylation sites (tertiary alicyclic amines) is 1. The summed E-state index contributed by atoms with van der Waals surface area (Å²) in [6.07, 6.45) is 16.2. The maximum Gasteiger partial charge on any atom is 0.237 e. The minimum atomic E-state index is -0.0194. The number of nitrogens with two attached hydrogens (primary N) is 2. The second kappa shape index (κ2) is 10.8. The third-order valence-corrected chi connectivity index (χ3v) is 11.1. The maximum absolute atomic E-state index is 13.7. The molecule has 0 bridgehead atoms. The molecule has 8 unspecified atom stereocenters. The Bertz CT molecular complexity index is 741. The minimum absolute atomic E-state index is 0.0194. The highest BCUT2D eigenvalue weighted by Gasteiger charge is 2.49. The Balaban J connectivity index is 1.33. The summed E-state index contributed by atoms with van der Waals surface area (Å²) in [7, 11) is 0. The van der Waals surface area contributed by atoms with E-state index in [-0.39, 0.29) is 23.9 Å². The Kier molecular flexibility index (Phi) is 7.91. The first-order valence-corrected chi connectivity index (χ1v) is 15.1. The van der Waals surface area contributed by atoms with Crippen LogP contribution in [-0.4, -0.2) is 52.2 Å². The average Bonchev–Trinajstić information content (AvgIpc) is 3.18. The lowest BCUT2D eigenvalue weighted by Crippen LogP contribution is -2.53. The molecule has 5 aliphatic rings. The van der Waals surface area contributed by atoms with E-state index in [0.29, 0.717) is 34.6 Å². The van der Waals surface area contributed by atoms with E-state index in [1.807, 2.05) is 0 Å². The summed E-state index contributed by atoms with van der Waals surface area (Å²) in [4.78, 5) is 16.9. The summed E-state index contributed by atoms with van der Waals surface area (Å²) in [6, 6.07) is 0.963. The lowest BCUT2D eigenvalue weighted by Gasteiger charge is -2.46. The van der Waals surface area contributed by atoms with Crippen LogP contribution in [0.2, 0.25) is 0 Å². The molecule has 34 heavy (non-hydrogen) atoms. The Labute approximate surface area is 214 Å². The fourth-order valence-corrected chi connectivity index (χ4v) is 9.43. The smallest absolute Gasteiger partial charge is 0.237 e. The number of amides is 1. The molecule has 4 saturated carbocycles. The van der Waals surface area contributed by atoms with Gasteiger partial charge >= 0.3 is 0 Å². The van der Waals surface area contributed by atoms with Crippen LogP contribution in [0.4, 0.5) is 0 Å². The minimum Gasteiger partial charge on any atom is -0.387 e. The molecule has 192 valence electrons. The molecule has 1 heterocycles. The maximum atomic E-state index is 13.7. The Morgan fingerprint density at radius 2 is 1.71 bits per heavy atom. The van der Waals surface area contributed by atoms with Crippen molar-refractivity contribution in [1.82, 2.24) is 10.2 Å². The van der Waals surface area contributed by atoms with Crippen LogP contribution in [0.1, 0.15) is 89.9 Å². The van der Waals surface area contributed by atoms with Crippen molar-refractivity contribution in [2.75, 3.05) is 6.54 Å². The van der Waals surface area contributed by atoms with E-state index in [4.69, 9.17) is 16.9 Å². The van der Waals surface area contributed by atoms with Gasteiger partial charge in [-0.15, -0.1) is 0 Å². The molecule has 6 N–H and O–H groups in total. The predicted molar refractivity (Wildman–Crippen MR) is 141 cm³/mol. The van der Waals surface area contributed by atoms with Crippen LogP contribution < -0.4 is 16.8 Å². The monoisotopic (exact) mass is 535 g/mol. The van der Waals surface area contributed by atoms with Crippen LogP contribution in [0, 0.1) is 35.0 Å². The van der Waals surface area contributed by atoms with Gasteiger partial charge in [0.1, 0.15) is 0 Å². The van der Waals surface area contributed by atoms with E-state index in [0.717, 1.165) is 69.7 Å². The zero-order chi connectivity index (χ0) is 23.8. The second-order valence-corrected chi connectivity index (χ2v) is 13.7. The molecule has 7 heteroatoms. The SMILES string of the molecule is N=C(N)C1CCC2CC(C(=O)NC3CCC(N)CC3)N(CC3CC(Br)CC4CCCCC43)C2C1. The number of hydrogen-bond donors (Lipinski definition) is 4. The largest absolute Gasteiger partial charge is 0.387 e. The van der Waals surface area contributed by atoms with Gasteiger partial charge in [0.15, 0.2) is 0 Å². The molecule has 1 aliphatic heterocycles. The first-order chi connectivity index (χ1) is 16.4. The van der Waals surface area contributed by atoms with Crippen molar-refractivity contribution < 1.29 is 4.79 Å². The van der Waals surface area contributed by atoms with E-state index in [1.165, 1.54) is 38.5 Å². The molecule has 4 aliphatic carbocycles. The normalized spacial score (nSPS) is 45.2. The third-order valence-electron chi connectivity index (χ3n) is 10.3. The van der Waals surface area contributed by atoms with Crippen molar-refractivity contribution in [3.63, 3.8) is 0 Å². The van der Waals surface area contributed by atoms with Crippen LogP contribution in [0.25, 0.3) is 0 Å². The summed E-state index contributed by atoms with van der Waals surface area (Å²) in [6.45, 7) is 1.04. The summed E-state index contributed by atoms with van der Waals surface area (Å²) in [5.74, 6) is 3.68. The zero-order valence-corrected chi connectivity index (χ0v) is 22.4. The molecule has 0 aromatic rings. The molecule has 0 aromatic carbocycles. The molecule has 0 radical (unpaired) electrons. The van der Waals surface area contributed by atoms with Gasteiger partial charge in [0.05, 0.1) is 11.9 Å². The molecule has 1 amide bonds. The van der Waals surface area contributed by atoms with Crippen molar-refractivity contribution in [3.8, 4) is 0 Å². The van der Waals surface area contributed by atoms with Gasteiger partial charge in [0, 0.05) is 35.4 Å². The highest BCUT2D eigenvalue weighted by molar-refractivity contribution is 9.09. The van der Waals surface area contributed by atoms with Crippen LogP contribution in [-0.2, 0) is 4.79 Å². The van der Waals surface area contributed by atoms with Crippen molar-refractivity contribution in [1.29, 1.82) is 5.41 Å². The summed E-state index contributed by atoms with van der Waals surface area (Å²) in [5.41, 5.74) is 12.1. The Morgan fingerprint density at radius 1 is 0.941 bits per heavy atom. The van der Waals surface area contributed by atoms with Crippen LogP contribution >= 0.6 is 15.9 Å². The molecule has 5 rings (SSSR count). The third kappa shape index (κ3) is 5.36. The fourth-order valence-electron chi connectivity index (χ4n) is 8.47. The molecule has 0 aromatic heterocycles. The number of amidine groups is 1. The van der Waals surface area contributed by atoms with Gasteiger partial charge in [-0.25, -0.2) is 0 Å². The number of halogens is 1. The Morgan fingerprint density at radius 3 is 2.47 bits per heavy atom.